The van der Waals surface area contributed by atoms with Crippen LogP contribution in [0.5, 0.6) is 0 Å². The average molecular weight is 203 g/mol. The molecule has 0 fully saturated rings. The minimum absolute atomic E-state index is 0. The van der Waals surface area contributed by atoms with Crippen molar-refractivity contribution < 1.29 is 0 Å². The summed E-state index contributed by atoms with van der Waals surface area (Å²) in [4.78, 5) is 0. The molecule has 0 bridgehead atoms. The molecule has 0 aliphatic heterocycles. The van der Waals surface area contributed by atoms with E-state index in [0.717, 1.165) is 0 Å². The topological polar surface area (TPSA) is 0 Å². The van der Waals surface area contributed by atoms with Crippen molar-refractivity contribution in [2.24, 2.45) is 0 Å². The maximum Gasteiger partial charge on any atom is 0.316 e. The number of aryl methyl sites for hydroxylation is 1. The Kier molecular flexibility index (Phi) is 4.33. The fourth-order valence-corrected chi connectivity index (χ4v) is 1.46. The first-order chi connectivity index (χ1) is 3.30. The lowest BCUT2D eigenvalue weighted by Gasteiger charge is -1.77. The predicted octanol–water partition coefficient (Wildman–Crippen LogP) is 1.90. The summed E-state index contributed by atoms with van der Waals surface area (Å²) >= 11 is 5.10. The first-order valence-corrected chi connectivity index (χ1v) is 3.67. The monoisotopic (exact) mass is 202 g/mol. The van der Waals surface area contributed by atoms with E-state index in [-0.39, 0.29) is 23.1 Å². The standard InChI is InChI=1S/C5H5BrS.Mg.2H/c1-4-2-3-7-5(4)6;;;/h2-3H,1H3;;;. The third-order valence-electron chi connectivity index (χ3n) is 0.800. The molecule has 0 radical (unpaired) electrons. The highest BCUT2D eigenvalue weighted by Crippen LogP contribution is 2.21. The highest BCUT2D eigenvalue weighted by atomic mass is 79.9. The van der Waals surface area contributed by atoms with Crippen LogP contribution >= 0.6 is 27.3 Å². The van der Waals surface area contributed by atoms with Crippen LogP contribution in [0.25, 0.3) is 0 Å². The van der Waals surface area contributed by atoms with Crippen molar-refractivity contribution >= 4 is 50.3 Å². The van der Waals surface area contributed by atoms with Crippen LogP contribution in [0, 0.1) is 6.92 Å². The third kappa shape index (κ3) is 2.05. The van der Waals surface area contributed by atoms with E-state index in [1.54, 1.807) is 11.3 Å². The zero-order chi connectivity index (χ0) is 5.28. The minimum Gasteiger partial charge on any atom is -0.137 e. The van der Waals surface area contributed by atoms with Gasteiger partial charge in [-0.25, -0.2) is 0 Å². The largest absolute Gasteiger partial charge is 0.316 e. The second-order valence-electron chi connectivity index (χ2n) is 1.38. The first kappa shape index (κ1) is 8.95. The SMILES string of the molecule is Cc1ccsc1Br.[MgH2]. The normalized spacial score (nSPS) is 8.25. The molecule has 0 unspecified atom stereocenters. The Morgan fingerprint density at radius 3 is 2.38 bits per heavy atom. The molecule has 0 aromatic carbocycles. The smallest absolute Gasteiger partial charge is 0.137 e. The van der Waals surface area contributed by atoms with Gasteiger partial charge in [-0.2, -0.15) is 0 Å². The first-order valence-electron chi connectivity index (χ1n) is 2.00. The average Bonchev–Trinajstić information content (AvgIpc) is 1.91. The van der Waals surface area contributed by atoms with Crippen molar-refractivity contribution in [2.45, 2.75) is 6.92 Å². The molecule has 42 valence electrons. The second kappa shape index (κ2) is 3.88. The van der Waals surface area contributed by atoms with Crippen molar-refractivity contribution in [1.29, 1.82) is 0 Å². The summed E-state index contributed by atoms with van der Waals surface area (Å²) in [6.45, 7) is 2.08. The van der Waals surface area contributed by atoms with E-state index in [1.165, 1.54) is 9.35 Å². The number of halogens is 1. The van der Waals surface area contributed by atoms with Crippen molar-refractivity contribution in [3.05, 3.63) is 20.8 Å². The molecule has 1 aromatic rings. The lowest BCUT2D eigenvalue weighted by molar-refractivity contribution is 1.53. The molecular formula is C5H7BrMgS. The zero-order valence-corrected chi connectivity index (χ0v) is 6.34. The van der Waals surface area contributed by atoms with Gasteiger partial charge in [-0.15, -0.1) is 11.3 Å². The van der Waals surface area contributed by atoms with Gasteiger partial charge in [0.15, 0.2) is 0 Å². The summed E-state index contributed by atoms with van der Waals surface area (Å²) in [5.74, 6) is 0. The Morgan fingerprint density at radius 2 is 2.25 bits per heavy atom. The molecule has 1 heterocycles. The molecule has 0 saturated carbocycles. The number of hydrogen-bond acceptors (Lipinski definition) is 1. The Balaban J connectivity index is 0.000000490. The van der Waals surface area contributed by atoms with Crippen LogP contribution in [0.3, 0.4) is 0 Å². The van der Waals surface area contributed by atoms with Crippen LogP contribution in [0.1, 0.15) is 5.56 Å². The third-order valence-corrected chi connectivity index (χ3v) is 2.79. The maximum absolute atomic E-state index is 3.38. The number of hydrogen-bond donors (Lipinski definition) is 0. The fourth-order valence-electron chi connectivity index (χ4n) is 0.354. The minimum atomic E-state index is 0. The van der Waals surface area contributed by atoms with E-state index in [4.69, 9.17) is 0 Å². The van der Waals surface area contributed by atoms with Crippen LogP contribution in [-0.4, -0.2) is 23.1 Å². The Hall–Kier alpha value is 0.946. The summed E-state index contributed by atoms with van der Waals surface area (Å²) in [5, 5.41) is 2.07. The van der Waals surface area contributed by atoms with E-state index in [0.29, 0.717) is 0 Å². The van der Waals surface area contributed by atoms with Crippen LogP contribution < -0.4 is 0 Å². The van der Waals surface area contributed by atoms with E-state index in [2.05, 4.69) is 34.3 Å². The molecule has 3 heteroatoms. The molecule has 0 aliphatic carbocycles. The number of rotatable bonds is 0. The quantitative estimate of drug-likeness (QED) is 0.565. The summed E-state index contributed by atoms with van der Waals surface area (Å²) in [7, 11) is 0. The second-order valence-corrected chi connectivity index (χ2v) is 3.61. The molecule has 0 atom stereocenters. The molecule has 8 heavy (non-hydrogen) atoms. The predicted molar refractivity (Wildman–Crippen MR) is 45.3 cm³/mol. The van der Waals surface area contributed by atoms with E-state index in [9.17, 15) is 0 Å². The highest BCUT2D eigenvalue weighted by molar-refractivity contribution is 9.11. The molecule has 0 aliphatic rings. The van der Waals surface area contributed by atoms with Crippen LogP contribution in [-0.2, 0) is 0 Å². The van der Waals surface area contributed by atoms with Gasteiger partial charge in [-0.05, 0) is 39.9 Å². The summed E-state index contributed by atoms with van der Waals surface area (Å²) in [6.07, 6.45) is 0. The number of thiophene rings is 1. The van der Waals surface area contributed by atoms with Crippen LogP contribution in [0.15, 0.2) is 15.2 Å². The van der Waals surface area contributed by atoms with Gasteiger partial charge in [0.2, 0.25) is 0 Å². The summed E-state index contributed by atoms with van der Waals surface area (Å²) < 4.78 is 1.24. The van der Waals surface area contributed by atoms with Crippen molar-refractivity contribution in [3.8, 4) is 0 Å². The van der Waals surface area contributed by atoms with Crippen LogP contribution in [0.4, 0.5) is 0 Å². The molecule has 0 spiro atoms. The molecule has 0 N–H and O–H groups in total. The van der Waals surface area contributed by atoms with Gasteiger partial charge in [0.1, 0.15) is 0 Å². The molecule has 1 rings (SSSR count). The molecule has 0 saturated heterocycles. The van der Waals surface area contributed by atoms with Crippen LogP contribution in [0.2, 0.25) is 0 Å². The molecule has 0 amide bonds. The fraction of sp³-hybridized carbons (Fsp3) is 0.200. The van der Waals surface area contributed by atoms with Gasteiger partial charge in [-0.3, -0.25) is 0 Å². The van der Waals surface area contributed by atoms with Gasteiger partial charge in [0.05, 0.1) is 3.79 Å². The maximum atomic E-state index is 3.38. The van der Waals surface area contributed by atoms with Gasteiger partial charge in [0.25, 0.3) is 0 Å². The van der Waals surface area contributed by atoms with E-state index >= 15 is 0 Å². The Morgan fingerprint density at radius 1 is 1.62 bits per heavy atom. The van der Waals surface area contributed by atoms with Gasteiger partial charge < -0.3 is 0 Å². The Labute approximate surface area is 77.6 Å². The molecule has 1 aromatic heterocycles. The Bertz CT molecular complexity index is 145. The summed E-state index contributed by atoms with van der Waals surface area (Å²) in [5.41, 5.74) is 1.32. The van der Waals surface area contributed by atoms with Crippen molar-refractivity contribution in [2.75, 3.05) is 0 Å². The van der Waals surface area contributed by atoms with Crippen molar-refractivity contribution in [1.82, 2.24) is 0 Å². The molecular weight excluding hydrogens is 196 g/mol. The lowest BCUT2D eigenvalue weighted by atomic mass is 10.4. The van der Waals surface area contributed by atoms with Crippen molar-refractivity contribution in [3.63, 3.8) is 0 Å². The van der Waals surface area contributed by atoms with Gasteiger partial charge in [-0.1, -0.05) is 0 Å². The van der Waals surface area contributed by atoms with E-state index < -0.39 is 0 Å². The van der Waals surface area contributed by atoms with Gasteiger partial charge in [0, 0.05) is 0 Å². The van der Waals surface area contributed by atoms with Gasteiger partial charge >= 0.3 is 23.1 Å². The zero-order valence-electron chi connectivity index (χ0n) is 3.94. The summed E-state index contributed by atoms with van der Waals surface area (Å²) in [6, 6.07) is 2.09. The van der Waals surface area contributed by atoms with E-state index in [1.807, 2.05) is 0 Å². The lowest BCUT2D eigenvalue weighted by Crippen LogP contribution is -1.55. The highest BCUT2D eigenvalue weighted by Gasteiger charge is 1.89. The molecule has 0 nitrogen and oxygen atoms in total.